The summed E-state index contributed by atoms with van der Waals surface area (Å²) >= 11 is 3.11. The molecule has 3 nitrogen and oxygen atoms in total. The Balaban J connectivity index is 3.14. The minimum Gasteiger partial charge on any atom is -0.395 e. The van der Waals surface area contributed by atoms with Crippen LogP contribution in [0, 0.1) is 11.3 Å². The molecule has 0 atom stereocenters. The maximum atomic E-state index is 12.4. The number of hydrogen-bond donors (Lipinski definition) is 1. The first-order valence-electron chi connectivity index (χ1n) is 5.00. The van der Waals surface area contributed by atoms with Crippen LogP contribution in [0.1, 0.15) is 5.56 Å². The topological polar surface area (TPSA) is 47.3 Å². The number of aliphatic hydroxyl groups excluding tert-OH is 1. The van der Waals surface area contributed by atoms with E-state index in [4.69, 9.17) is 10.4 Å². The fraction of sp³-hybridized carbons (Fsp3) is 0.364. The maximum absolute atomic E-state index is 12.4. The van der Waals surface area contributed by atoms with Gasteiger partial charge in [0.1, 0.15) is 12.6 Å². The van der Waals surface area contributed by atoms with Crippen molar-refractivity contribution in [1.82, 2.24) is 0 Å². The Morgan fingerprint density at radius 1 is 1.39 bits per heavy atom. The van der Waals surface area contributed by atoms with E-state index in [2.05, 4.69) is 15.9 Å². The van der Waals surface area contributed by atoms with Gasteiger partial charge in [-0.05, 0) is 28.1 Å². The van der Waals surface area contributed by atoms with Crippen LogP contribution in [0.2, 0.25) is 0 Å². The van der Waals surface area contributed by atoms with Crippen LogP contribution in [0.5, 0.6) is 0 Å². The van der Waals surface area contributed by atoms with Crippen LogP contribution in [-0.4, -0.2) is 31.0 Å². The fourth-order valence-electron chi connectivity index (χ4n) is 1.51. The highest BCUT2D eigenvalue weighted by Gasteiger charge is 2.31. The molecule has 0 radical (unpaired) electrons. The minimum absolute atomic E-state index is 0.121. The molecule has 0 aliphatic carbocycles. The lowest BCUT2D eigenvalue weighted by atomic mass is 10.1. The number of alkyl halides is 3. The zero-order chi connectivity index (χ0) is 13.8. The van der Waals surface area contributed by atoms with Gasteiger partial charge < -0.3 is 10.0 Å². The number of nitriles is 1. The van der Waals surface area contributed by atoms with Gasteiger partial charge in [-0.15, -0.1) is 0 Å². The average Bonchev–Trinajstić information content (AvgIpc) is 2.26. The van der Waals surface area contributed by atoms with Gasteiger partial charge >= 0.3 is 6.18 Å². The van der Waals surface area contributed by atoms with Crippen LogP contribution >= 0.6 is 15.9 Å². The summed E-state index contributed by atoms with van der Waals surface area (Å²) in [4.78, 5) is 0.934. The van der Waals surface area contributed by atoms with Gasteiger partial charge in [-0.2, -0.15) is 18.4 Å². The molecule has 0 saturated heterocycles. The van der Waals surface area contributed by atoms with Crippen LogP contribution in [0.25, 0.3) is 0 Å². The second-order valence-corrected chi connectivity index (χ2v) is 4.36. The Morgan fingerprint density at radius 3 is 2.56 bits per heavy atom. The lowest BCUT2D eigenvalue weighted by Crippen LogP contribution is -2.36. The van der Waals surface area contributed by atoms with E-state index in [1.165, 1.54) is 6.07 Å². The highest BCUT2D eigenvalue weighted by Crippen LogP contribution is 2.29. The van der Waals surface area contributed by atoms with Gasteiger partial charge in [0.25, 0.3) is 0 Å². The van der Waals surface area contributed by atoms with Crippen molar-refractivity contribution in [2.45, 2.75) is 6.18 Å². The first kappa shape index (κ1) is 14.8. The van der Waals surface area contributed by atoms with E-state index in [0.29, 0.717) is 4.47 Å². The zero-order valence-electron chi connectivity index (χ0n) is 9.21. The number of halogens is 4. The van der Waals surface area contributed by atoms with Crippen molar-refractivity contribution in [2.75, 3.05) is 24.6 Å². The van der Waals surface area contributed by atoms with Gasteiger partial charge in [-0.3, -0.25) is 0 Å². The van der Waals surface area contributed by atoms with Gasteiger partial charge in [-0.1, -0.05) is 6.07 Å². The normalized spacial score (nSPS) is 11.1. The molecule has 1 N–H and O–H groups in total. The van der Waals surface area contributed by atoms with Crippen LogP contribution in [0.4, 0.5) is 18.9 Å². The SMILES string of the molecule is N#Cc1c(Br)cccc1N(CCO)CC(F)(F)F. The van der Waals surface area contributed by atoms with E-state index in [1.54, 1.807) is 12.1 Å². The van der Waals surface area contributed by atoms with Gasteiger partial charge in [0.15, 0.2) is 0 Å². The molecule has 7 heteroatoms. The molecule has 0 aliphatic heterocycles. The minimum atomic E-state index is -4.40. The quantitative estimate of drug-likeness (QED) is 0.927. The monoisotopic (exact) mass is 322 g/mol. The Kier molecular flexibility index (Phi) is 4.99. The molecule has 0 amide bonds. The highest BCUT2D eigenvalue weighted by atomic mass is 79.9. The fourth-order valence-corrected chi connectivity index (χ4v) is 1.95. The number of benzene rings is 1. The van der Waals surface area contributed by atoms with E-state index in [-0.39, 0.29) is 17.8 Å². The molecule has 0 unspecified atom stereocenters. The van der Waals surface area contributed by atoms with E-state index in [0.717, 1.165) is 4.90 Å². The summed E-state index contributed by atoms with van der Waals surface area (Å²) in [5, 5.41) is 17.8. The standard InChI is InChI=1S/C11H10BrF3N2O/c12-9-2-1-3-10(8(9)6-16)17(4-5-18)7-11(13,14)15/h1-3,18H,4-5,7H2. The van der Waals surface area contributed by atoms with Gasteiger partial charge in [-0.25, -0.2) is 0 Å². The molecule has 1 aromatic carbocycles. The van der Waals surface area contributed by atoms with Crippen molar-refractivity contribution in [1.29, 1.82) is 5.26 Å². The molecular weight excluding hydrogens is 313 g/mol. The summed E-state index contributed by atoms with van der Waals surface area (Å²) in [6.45, 7) is -1.82. The van der Waals surface area contributed by atoms with Crippen LogP contribution in [0.15, 0.2) is 22.7 Å². The molecule has 0 aliphatic rings. The Bertz CT molecular complexity index is 457. The predicted octanol–water partition coefficient (Wildman–Crippen LogP) is 2.68. The largest absolute Gasteiger partial charge is 0.405 e. The highest BCUT2D eigenvalue weighted by molar-refractivity contribution is 9.10. The molecule has 1 aromatic rings. The molecule has 0 saturated carbocycles. The maximum Gasteiger partial charge on any atom is 0.405 e. The summed E-state index contributed by atoms with van der Waals surface area (Å²) < 4.78 is 37.7. The van der Waals surface area contributed by atoms with Crippen LogP contribution < -0.4 is 4.90 Å². The Labute approximate surface area is 111 Å². The smallest absolute Gasteiger partial charge is 0.395 e. The number of aliphatic hydroxyl groups is 1. The number of anilines is 1. The van der Waals surface area contributed by atoms with Gasteiger partial charge in [0, 0.05) is 11.0 Å². The van der Waals surface area contributed by atoms with Crippen molar-refractivity contribution < 1.29 is 18.3 Å². The first-order valence-corrected chi connectivity index (χ1v) is 5.79. The summed E-state index contributed by atoms with van der Waals surface area (Å²) in [5.74, 6) is 0. The third-order valence-corrected chi connectivity index (χ3v) is 2.85. The van der Waals surface area contributed by atoms with E-state index in [9.17, 15) is 13.2 Å². The predicted molar refractivity (Wildman–Crippen MR) is 64.2 cm³/mol. The van der Waals surface area contributed by atoms with Gasteiger partial charge in [0.2, 0.25) is 0 Å². The molecule has 0 heterocycles. The second-order valence-electron chi connectivity index (χ2n) is 3.51. The zero-order valence-corrected chi connectivity index (χ0v) is 10.8. The van der Waals surface area contributed by atoms with Crippen LogP contribution in [-0.2, 0) is 0 Å². The molecule has 98 valence electrons. The third kappa shape index (κ3) is 3.89. The molecule has 0 fully saturated rings. The summed E-state index contributed by atoms with van der Waals surface area (Å²) in [5.41, 5.74) is 0.272. The summed E-state index contributed by atoms with van der Waals surface area (Å²) in [6.07, 6.45) is -4.40. The molecule has 1 rings (SSSR count). The summed E-state index contributed by atoms with van der Waals surface area (Å²) in [7, 11) is 0. The van der Waals surface area contributed by atoms with Gasteiger partial charge in [0.05, 0.1) is 17.9 Å². The second kappa shape index (κ2) is 6.07. The van der Waals surface area contributed by atoms with Crippen molar-refractivity contribution in [2.24, 2.45) is 0 Å². The average molecular weight is 323 g/mol. The summed E-state index contributed by atoms with van der Waals surface area (Å²) in [6, 6.07) is 6.39. The van der Waals surface area contributed by atoms with Crippen LogP contribution in [0.3, 0.4) is 0 Å². The van der Waals surface area contributed by atoms with E-state index < -0.39 is 19.3 Å². The van der Waals surface area contributed by atoms with E-state index >= 15 is 0 Å². The van der Waals surface area contributed by atoms with Crippen molar-refractivity contribution >= 4 is 21.6 Å². The number of rotatable bonds is 4. The molecule has 0 aromatic heterocycles. The Hall–Kier alpha value is -1.26. The third-order valence-electron chi connectivity index (χ3n) is 2.18. The van der Waals surface area contributed by atoms with Crippen molar-refractivity contribution in [3.63, 3.8) is 0 Å². The lowest BCUT2D eigenvalue weighted by molar-refractivity contribution is -0.119. The van der Waals surface area contributed by atoms with Crippen molar-refractivity contribution in [3.8, 4) is 6.07 Å². The molecule has 0 spiro atoms. The number of hydrogen-bond acceptors (Lipinski definition) is 3. The first-order chi connectivity index (χ1) is 8.39. The molecule has 0 bridgehead atoms. The van der Waals surface area contributed by atoms with E-state index in [1.807, 2.05) is 6.07 Å². The van der Waals surface area contributed by atoms with Crippen molar-refractivity contribution in [3.05, 3.63) is 28.2 Å². The Morgan fingerprint density at radius 2 is 2.06 bits per heavy atom. The number of nitrogens with zero attached hydrogens (tertiary/aromatic N) is 2. The molecule has 18 heavy (non-hydrogen) atoms. The molecular formula is C11H10BrF3N2O. The lowest BCUT2D eigenvalue weighted by Gasteiger charge is -2.26.